The van der Waals surface area contributed by atoms with Crippen molar-refractivity contribution in [1.82, 2.24) is 20.0 Å². The number of hydrogen-bond acceptors (Lipinski definition) is 4. The smallest absolute Gasteiger partial charge is 0.274 e. The van der Waals surface area contributed by atoms with Gasteiger partial charge in [0, 0.05) is 31.4 Å². The van der Waals surface area contributed by atoms with E-state index in [2.05, 4.69) is 10.4 Å². The average molecular weight is 410 g/mol. The highest BCUT2D eigenvalue weighted by Gasteiger charge is 2.29. The number of halogens is 1. The van der Waals surface area contributed by atoms with Crippen LogP contribution in [0.3, 0.4) is 0 Å². The van der Waals surface area contributed by atoms with Crippen LogP contribution in [-0.4, -0.2) is 40.2 Å². The second-order valence-electron chi connectivity index (χ2n) is 7.87. The summed E-state index contributed by atoms with van der Waals surface area (Å²) in [5, 5.41) is 8.07. The lowest BCUT2D eigenvalue weighted by Crippen LogP contribution is -2.37. The Hall–Kier alpha value is -2.93. The Morgan fingerprint density at radius 2 is 2.17 bits per heavy atom. The lowest BCUT2D eigenvalue weighted by Gasteiger charge is -2.25. The summed E-state index contributed by atoms with van der Waals surface area (Å²) in [5.41, 5.74) is 3.38. The normalized spacial score (nSPS) is 15.8. The van der Waals surface area contributed by atoms with Gasteiger partial charge in [0.2, 0.25) is 0 Å². The molecule has 1 aromatic carbocycles. The molecule has 0 spiro atoms. The van der Waals surface area contributed by atoms with Crippen molar-refractivity contribution < 1.29 is 13.6 Å². The number of carbonyl (C=O) groups is 1. The Morgan fingerprint density at radius 3 is 2.93 bits per heavy atom. The summed E-state index contributed by atoms with van der Waals surface area (Å²) in [4.78, 5) is 14.7. The molecule has 0 fully saturated rings. The van der Waals surface area contributed by atoms with E-state index in [1.807, 2.05) is 36.0 Å². The van der Waals surface area contributed by atoms with E-state index in [1.54, 1.807) is 24.3 Å². The van der Waals surface area contributed by atoms with E-state index in [0.29, 0.717) is 25.2 Å². The first kappa shape index (κ1) is 20.3. The molecule has 0 aliphatic heterocycles. The zero-order chi connectivity index (χ0) is 21.1. The molecule has 1 aliphatic rings. The number of rotatable bonds is 7. The highest BCUT2D eigenvalue weighted by molar-refractivity contribution is 5.94. The van der Waals surface area contributed by atoms with E-state index in [4.69, 9.17) is 4.42 Å². The summed E-state index contributed by atoms with van der Waals surface area (Å²) >= 11 is 0. The van der Waals surface area contributed by atoms with Crippen molar-refractivity contribution in [2.75, 3.05) is 13.6 Å². The number of nitrogens with zero attached hydrogens (tertiary/aromatic N) is 3. The van der Waals surface area contributed by atoms with Crippen LogP contribution in [0.4, 0.5) is 4.39 Å². The Bertz CT molecular complexity index is 1010. The van der Waals surface area contributed by atoms with Crippen molar-refractivity contribution in [2.24, 2.45) is 7.05 Å². The molecule has 6 nitrogen and oxygen atoms in total. The molecule has 0 radical (unpaired) electrons. The molecule has 2 heterocycles. The van der Waals surface area contributed by atoms with Gasteiger partial charge in [-0.25, -0.2) is 4.39 Å². The topological polar surface area (TPSA) is 63.3 Å². The van der Waals surface area contributed by atoms with Gasteiger partial charge in [0.1, 0.15) is 11.6 Å². The molecule has 1 atom stereocenters. The molecule has 1 amide bonds. The quantitative estimate of drug-likeness (QED) is 0.650. The van der Waals surface area contributed by atoms with Gasteiger partial charge < -0.3 is 14.6 Å². The van der Waals surface area contributed by atoms with Crippen molar-refractivity contribution in [3.8, 4) is 0 Å². The van der Waals surface area contributed by atoms with Crippen LogP contribution in [0.25, 0.3) is 0 Å². The SMILES string of the molecule is CN(Cc1ccco1)C(=O)c1nn(C)c2c1CC(NCCc1ccccc1F)CC2. The highest BCUT2D eigenvalue weighted by Crippen LogP contribution is 2.25. The number of furan rings is 1. The van der Waals surface area contributed by atoms with Crippen LogP contribution in [0, 0.1) is 5.82 Å². The minimum Gasteiger partial charge on any atom is -0.467 e. The van der Waals surface area contributed by atoms with Gasteiger partial charge in [0.05, 0.1) is 12.8 Å². The van der Waals surface area contributed by atoms with Gasteiger partial charge in [-0.1, -0.05) is 18.2 Å². The van der Waals surface area contributed by atoms with Gasteiger partial charge >= 0.3 is 0 Å². The Labute approximate surface area is 175 Å². The van der Waals surface area contributed by atoms with Crippen molar-refractivity contribution in [1.29, 1.82) is 0 Å². The molecule has 2 aromatic heterocycles. The second-order valence-corrected chi connectivity index (χ2v) is 7.87. The molecule has 0 saturated carbocycles. The van der Waals surface area contributed by atoms with Crippen LogP contribution in [0.5, 0.6) is 0 Å². The summed E-state index contributed by atoms with van der Waals surface area (Å²) in [6.45, 7) is 1.10. The second kappa shape index (κ2) is 8.83. The zero-order valence-corrected chi connectivity index (χ0v) is 17.4. The van der Waals surface area contributed by atoms with E-state index < -0.39 is 0 Å². The predicted molar refractivity (Wildman–Crippen MR) is 112 cm³/mol. The van der Waals surface area contributed by atoms with Crippen LogP contribution in [0.1, 0.15) is 39.5 Å². The number of fused-ring (bicyclic) bond motifs is 1. The van der Waals surface area contributed by atoms with E-state index in [0.717, 1.165) is 41.8 Å². The maximum Gasteiger partial charge on any atom is 0.274 e. The first-order valence-electron chi connectivity index (χ1n) is 10.3. The fourth-order valence-electron chi connectivity index (χ4n) is 4.14. The Kier molecular flexibility index (Phi) is 5.99. The van der Waals surface area contributed by atoms with Crippen molar-refractivity contribution in [2.45, 2.75) is 38.3 Å². The van der Waals surface area contributed by atoms with Gasteiger partial charge in [0.25, 0.3) is 5.91 Å². The van der Waals surface area contributed by atoms with E-state index in [9.17, 15) is 9.18 Å². The summed E-state index contributed by atoms with van der Waals surface area (Å²) in [5.74, 6) is 0.476. The molecular formula is C23H27FN4O2. The summed E-state index contributed by atoms with van der Waals surface area (Å²) in [6.07, 6.45) is 4.83. The fourth-order valence-corrected chi connectivity index (χ4v) is 4.14. The van der Waals surface area contributed by atoms with Gasteiger partial charge in [-0.15, -0.1) is 0 Å². The predicted octanol–water partition coefficient (Wildman–Crippen LogP) is 3.11. The lowest BCUT2D eigenvalue weighted by molar-refractivity contribution is 0.0767. The first-order chi connectivity index (χ1) is 14.5. The number of aromatic nitrogens is 2. The Balaban J connectivity index is 1.41. The van der Waals surface area contributed by atoms with E-state index in [-0.39, 0.29) is 17.8 Å². The molecule has 0 bridgehead atoms. The Morgan fingerprint density at radius 1 is 1.33 bits per heavy atom. The molecular weight excluding hydrogens is 383 g/mol. The standard InChI is InChI=1S/C23H27FN4O2/c1-27(15-18-7-5-13-30-18)23(29)22-19-14-17(9-10-21(19)28(2)26-22)25-12-11-16-6-3-4-8-20(16)24/h3-8,13,17,25H,9-12,14-15H2,1-2H3. The summed E-state index contributed by atoms with van der Waals surface area (Å²) in [7, 11) is 3.66. The first-order valence-corrected chi connectivity index (χ1v) is 10.3. The minimum absolute atomic E-state index is 0.102. The molecule has 1 unspecified atom stereocenters. The van der Waals surface area contributed by atoms with Gasteiger partial charge in [0.15, 0.2) is 5.69 Å². The van der Waals surface area contributed by atoms with Crippen molar-refractivity contribution in [3.63, 3.8) is 0 Å². The van der Waals surface area contributed by atoms with E-state index >= 15 is 0 Å². The number of aryl methyl sites for hydroxylation is 1. The minimum atomic E-state index is -0.162. The van der Waals surface area contributed by atoms with Gasteiger partial charge in [-0.2, -0.15) is 5.10 Å². The molecule has 3 aromatic rings. The number of amides is 1. The van der Waals surface area contributed by atoms with Crippen LogP contribution in [0.2, 0.25) is 0 Å². The van der Waals surface area contributed by atoms with Crippen LogP contribution in [0.15, 0.2) is 47.1 Å². The third-order valence-corrected chi connectivity index (χ3v) is 5.76. The highest BCUT2D eigenvalue weighted by atomic mass is 19.1. The molecule has 4 rings (SSSR count). The van der Waals surface area contributed by atoms with Gasteiger partial charge in [-0.3, -0.25) is 9.48 Å². The van der Waals surface area contributed by atoms with Crippen molar-refractivity contribution >= 4 is 5.91 Å². The number of nitrogens with one attached hydrogen (secondary N) is 1. The molecule has 0 saturated heterocycles. The molecule has 1 aliphatic carbocycles. The molecule has 1 N–H and O–H groups in total. The molecule has 158 valence electrons. The third kappa shape index (κ3) is 4.31. The van der Waals surface area contributed by atoms with Gasteiger partial charge in [-0.05, 0) is 56.0 Å². The lowest BCUT2D eigenvalue weighted by atomic mass is 9.91. The number of carbonyl (C=O) groups excluding carboxylic acids is 1. The van der Waals surface area contributed by atoms with Crippen LogP contribution in [-0.2, 0) is 32.9 Å². The van der Waals surface area contributed by atoms with Crippen LogP contribution >= 0.6 is 0 Å². The average Bonchev–Trinajstić information content (AvgIpc) is 3.36. The largest absolute Gasteiger partial charge is 0.467 e. The van der Waals surface area contributed by atoms with Crippen LogP contribution < -0.4 is 5.32 Å². The van der Waals surface area contributed by atoms with Crippen molar-refractivity contribution in [3.05, 3.63) is 76.8 Å². The summed E-state index contributed by atoms with van der Waals surface area (Å²) < 4.78 is 21.0. The fraction of sp³-hybridized carbons (Fsp3) is 0.391. The maximum absolute atomic E-state index is 13.8. The molecule has 30 heavy (non-hydrogen) atoms. The maximum atomic E-state index is 13.8. The number of benzene rings is 1. The van der Waals surface area contributed by atoms with E-state index in [1.165, 1.54) is 6.07 Å². The molecule has 7 heteroatoms. The number of hydrogen-bond donors (Lipinski definition) is 1. The summed E-state index contributed by atoms with van der Waals surface area (Å²) in [6, 6.07) is 10.8. The monoisotopic (exact) mass is 410 g/mol. The third-order valence-electron chi connectivity index (χ3n) is 5.76. The zero-order valence-electron chi connectivity index (χ0n) is 17.4.